The van der Waals surface area contributed by atoms with Gasteiger partial charge < -0.3 is 4.42 Å². The third kappa shape index (κ3) is 1.37. The molecule has 2 aromatic carbocycles. The maximum Gasteiger partial charge on any atom is 0.141 e. The van der Waals surface area contributed by atoms with Gasteiger partial charge in [-0.25, -0.2) is 4.39 Å². The minimum Gasteiger partial charge on any atom is -0.455 e. The Morgan fingerprint density at radius 3 is 2.47 bits per heavy atom. The lowest BCUT2D eigenvalue weighted by atomic mass is 10.1. The van der Waals surface area contributed by atoms with Crippen LogP contribution in [0.5, 0.6) is 0 Å². The van der Waals surface area contributed by atoms with Gasteiger partial charge in [0.25, 0.3) is 0 Å². The Morgan fingerprint density at radius 1 is 0.941 bits per heavy atom. The average molecular weight is 228 g/mol. The molecule has 0 aliphatic heterocycles. The number of hydrogen-bond donors (Lipinski definition) is 0. The fourth-order valence-corrected chi connectivity index (χ4v) is 2.40. The van der Waals surface area contributed by atoms with Gasteiger partial charge in [0.2, 0.25) is 0 Å². The van der Waals surface area contributed by atoms with Crippen molar-refractivity contribution in [2.75, 3.05) is 0 Å². The average Bonchev–Trinajstić information content (AvgIpc) is 2.63. The molecule has 0 unspecified atom stereocenters. The molecule has 3 aromatic rings. The Morgan fingerprint density at radius 2 is 1.71 bits per heavy atom. The van der Waals surface area contributed by atoms with Gasteiger partial charge in [-0.3, -0.25) is 0 Å². The first-order valence-electron chi connectivity index (χ1n) is 5.66. The van der Waals surface area contributed by atoms with E-state index in [1.165, 1.54) is 11.6 Å². The van der Waals surface area contributed by atoms with Crippen molar-refractivity contribution in [2.24, 2.45) is 0 Å². The van der Waals surface area contributed by atoms with Crippen LogP contribution in [0.25, 0.3) is 21.9 Å². The number of rotatable bonds is 0. The van der Waals surface area contributed by atoms with Crippen molar-refractivity contribution in [2.45, 2.75) is 20.8 Å². The van der Waals surface area contributed by atoms with Crippen molar-refractivity contribution >= 4 is 21.9 Å². The standard InChI is InChI=1S/C15H13FO/c1-8-6-9(2)14-12(7-8)11-4-5-13(16)10(3)15(11)17-14/h4-7H,1-3H3. The van der Waals surface area contributed by atoms with E-state index >= 15 is 0 Å². The summed E-state index contributed by atoms with van der Waals surface area (Å²) in [6.07, 6.45) is 0. The Kier molecular flexibility index (Phi) is 2.02. The lowest BCUT2D eigenvalue weighted by molar-refractivity contribution is 0.607. The predicted octanol–water partition coefficient (Wildman–Crippen LogP) is 4.65. The minimum absolute atomic E-state index is 0.217. The van der Waals surface area contributed by atoms with Gasteiger partial charge in [-0.05, 0) is 50.1 Å². The van der Waals surface area contributed by atoms with E-state index in [2.05, 4.69) is 19.1 Å². The van der Waals surface area contributed by atoms with Crippen LogP contribution in [-0.2, 0) is 0 Å². The molecule has 0 saturated heterocycles. The van der Waals surface area contributed by atoms with Crippen LogP contribution in [0.2, 0.25) is 0 Å². The third-order valence-electron chi connectivity index (χ3n) is 3.25. The summed E-state index contributed by atoms with van der Waals surface area (Å²) in [6, 6.07) is 7.47. The molecule has 0 aliphatic carbocycles. The van der Waals surface area contributed by atoms with E-state index in [0.717, 1.165) is 21.9 Å². The Balaban J connectivity index is 2.59. The molecule has 86 valence electrons. The van der Waals surface area contributed by atoms with E-state index in [1.54, 1.807) is 13.0 Å². The molecule has 0 atom stereocenters. The van der Waals surface area contributed by atoms with Crippen LogP contribution in [0.15, 0.2) is 28.7 Å². The first-order chi connectivity index (χ1) is 8.08. The molecule has 2 heteroatoms. The quantitative estimate of drug-likeness (QED) is 0.546. The first-order valence-corrected chi connectivity index (χ1v) is 5.66. The SMILES string of the molecule is Cc1cc(C)c2oc3c(C)c(F)ccc3c2c1. The molecule has 1 nitrogen and oxygen atoms in total. The highest BCUT2D eigenvalue weighted by atomic mass is 19.1. The number of hydrogen-bond acceptors (Lipinski definition) is 1. The van der Waals surface area contributed by atoms with Gasteiger partial charge in [-0.2, -0.15) is 0 Å². The summed E-state index contributed by atoms with van der Waals surface area (Å²) in [5.74, 6) is -0.217. The van der Waals surface area contributed by atoms with E-state index in [0.29, 0.717) is 11.1 Å². The van der Waals surface area contributed by atoms with Gasteiger partial charge in [0.15, 0.2) is 0 Å². The highest BCUT2D eigenvalue weighted by Crippen LogP contribution is 2.34. The number of halogens is 1. The molecule has 0 spiro atoms. The molecule has 1 aromatic heterocycles. The normalized spacial score (nSPS) is 11.5. The number of benzene rings is 2. The molecule has 0 N–H and O–H groups in total. The van der Waals surface area contributed by atoms with Crippen LogP contribution in [-0.4, -0.2) is 0 Å². The highest BCUT2D eigenvalue weighted by Gasteiger charge is 2.13. The molecule has 17 heavy (non-hydrogen) atoms. The molecular formula is C15H13FO. The number of fused-ring (bicyclic) bond motifs is 3. The van der Waals surface area contributed by atoms with Crippen molar-refractivity contribution < 1.29 is 8.81 Å². The minimum atomic E-state index is -0.217. The van der Waals surface area contributed by atoms with E-state index in [9.17, 15) is 4.39 Å². The summed E-state index contributed by atoms with van der Waals surface area (Å²) in [6.45, 7) is 5.83. The van der Waals surface area contributed by atoms with Crippen LogP contribution in [0.4, 0.5) is 4.39 Å². The second-order valence-electron chi connectivity index (χ2n) is 4.61. The largest absolute Gasteiger partial charge is 0.455 e. The van der Waals surface area contributed by atoms with Crippen LogP contribution in [0.3, 0.4) is 0 Å². The maximum absolute atomic E-state index is 13.5. The Labute approximate surface area is 98.8 Å². The zero-order valence-corrected chi connectivity index (χ0v) is 10.1. The van der Waals surface area contributed by atoms with Crippen molar-refractivity contribution in [1.82, 2.24) is 0 Å². The van der Waals surface area contributed by atoms with Crippen LogP contribution in [0, 0.1) is 26.6 Å². The highest BCUT2D eigenvalue weighted by molar-refractivity contribution is 6.07. The molecular weight excluding hydrogens is 215 g/mol. The maximum atomic E-state index is 13.5. The zero-order valence-electron chi connectivity index (χ0n) is 10.1. The smallest absolute Gasteiger partial charge is 0.141 e. The van der Waals surface area contributed by atoms with Crippen molar-refractivity contribution in [1.29, 1.82) is 0 Å². The van der Waals surface area contributed by atoms with Gasteiger partial charge in [0.05, 0.1) is 0 Å². The lowest BCUT2D eigenvalue weighted by Crippen LogP contribution is -1.80. The van der Waals surface area contributed by atoms with Gasteiger partial charge in [-0.1, -0.05) is 6.07 Å². The lowest BCUT2D eigenvalue weighted by Gasteiger charge is -1.97. The van der Waals surface area contributed by atoms with Crippen LogP contribution >= 0.6 is 0 Å². The summed E-state index contributed by atoms with van der Waals surface area (Å²) in [5.41, 5.74) is 4.39. The summed E-state index contributed by atoms with van der Waals surface area (Å²) < 4.78 is 19.3. The van der Waals surface area contributed by atoms with Crippen molar-refractivity contribution in [3.8, 4) is 0 Å². The van der Waals surface area contributed by atoms with E-state index in [-0.39, 0.29) is 5.82 Å². The molecule has 0 fully saturated rings. The summed E-state index contributed by atoms with van der Waals surface area (Å²) in [4.78, 5) is 0. The monoisotopic (exact) mass is 228 g/mol. The van der Waals surface area contributed by atoms with Gasteiger partial charge in [-0.15, -0.1) is 0 Å². The second-order valence-corrected chi connectivity index (χ2v) is 4.61. The predicted molar refractivity (Wildman–Crippen MR) is 67.9 cm³/mol. The number of furan rings is 1. The summed E-state index contributed by atoms with van der Waals surface area (Å²) in [7, 11) is 0. The zero-order chi connectivity index (χ0) is 12.2. The summed E-state index contributed by atoms with van der Waals surface area (Å²) >= 11 is 0. The molecule has 1 heterocycles. The van der Waals surface area contributed by atoms with Crippen molar-refractivity contribution in [3.63, 3.8) is 0 Å². The fourth-order valence-electron chi connectivity index (χ4n) is 2.40. The Bertz CT molecular complexity index is 738. The molecule has 0 aliphatic rings. The van der Waals surface area contributed by atoms with Crippen molar-refractivity contribution in [3.05, 3.63) is 46.8 Å². The molecule has 0 radical (unpaired) electrons. The number of aryl methyl sites for hydroxylation is 3. The van der Waals surface area contributed by atoms with Gasteiger partial charge in [0, 0.05) is 16.3 Å². The Hall–Kier alpha value is -1.83. The summed E-state index contributed by atoms with van der Waals surface area (Å²) in [5, 5.41) is 2.06. The second kappa shape index (κ2) is 3.33. The molecule has 0 bridgehead atoms. The fraction of sp³-hybridized carbons (Fsp3) is 0.200. The van der Waals surface area contributed by atoms with Gasteiger partial charge in [0.1, 0.15) is 17.0 Å². The molecule has 0 saturated carbocycles. The molecule has 3 rings (SSSR count). The van der Waals surface area contributed by atoms with E-state index in [1.807, 2.05) is 6.92 Å². The van der Waals surface area contributed by atoms with E-state index in [4.69, 9.17) is 4.42 Å². The van der Waals surface area contributed by atoms with Crippen LogP contribution < -0.4 is 0 Å². The van der Waals surface area contributed by atoms with E-state index < -0.39 is 0 Å². The first kappa shape index (κ1) is 10.3. The third-order valence-corrected chi connectivity index (χ3v) is 3.25. The van der Waals surface area contributed by atoms with Gasteiger partial charge >= 0.3 is 0 Å². The molecule has 0 amide bonds. The van der Waals surface area contributed by atoms with Crippen LogP contribution in [0.1, 0.15) is 16.7 Å². The topological polar surface area (TPSA) is 13.1 Å².